The van der Waals surface area contributed by atoms with Crippen molar-refractivity contribution in [3.8, 4) is 0 Å². The van der Waals surface area contributed by atoms with Gasteiger partial charge in [-0.05, 0) is 49.4 Å². The number of hydrogen-bond donors (Lipinski definition) is 3. The predicted molar refractivity (Wildman–Crippen MR) is 414 cm³/mol. The highest BCUT2D eigenvalue weighted by atomic mass is 31.2. The minimum absolute atomic E-state index is 0.107. The molecule has 0 aromatic rings. The van der Waals surface area contributed by atoms with Gasteiger partial charge in [-0.3, -0.25) is 37.3 Å². The maximum Gasteiger partial charge on any atom is 0.472 e. The molecule has 0 spiro atoms. The fourth-order valence-electron chi connectivity index (χ4n) is 12.5. The lowest BCUT2D eigenvalue weighted by atomic mass is 9.99. The molecule has 101 heavy (non-hydrogen) atoms. The maximum atomic E-state index is 13.1. The minimum atomic E-state index is -4.96. The molecule has 0 aromatic carbocycles. The van der Waals surface area contributed by atoms with Crippen LogP contribution in [0.25, 0.3) is 0 Å². The van der Waals surface area contributed by atoms with E-state index in [4.69, 9.17) is 37.0 Å². The number of esters is 4. The van der Waals surface area contributed by atoms with E-state index in [-0.39, 0.29) is 25.7 Å². The first kappa shape index (κ1) is 99.1. The molecule has 0 aromatic heterocycles. The molecule has 0 heterocycles. The Hall–Kier alpha value is -1.94. The zero-order chi connectivity index (χ0) is 74.6. The molecule has 0 rings (SSSR count). The second-order valence-corrected chi connectivity index (χ2v) is 33.9. The van der Waals surface area contributed by atoms with Gasteiger partial charge in [0.25, 0.3) is 0 Å². The van der Waals surface area contributed by atoms with Crippen LogP contribution in [0.1, 0.15) is 421 Å². The molecule has 0 fully saturated rings. The first-order valence-corrected chi connectivity index (χ1v) is 45.3. The number of phosphoric ester groups is 2. The zero-order valence-corrected chi connectivity index (χ0v) is 68.3. The van der Waals surface area contributed by atoms with E-state index < -0.39 is 97.5 Å². The molecule has 0 amide bonds. The van der Waals surface area contributed by atoms with E-state index in [0.717, 1.165) is 120 Å². The third kappa shape index (κ3) is 73.4. The summed E-state index contributed by atoms with van der Waals surface area (Å²) in [4.78, 5) is 73.0. The van der Waals surface area contributed by atoms with Crippen molar-refractivity contribution < 1.29 is 80.2 Å². The van der Waals surface area contributed by atoms with Gasteiger partial charge >= 0.3 is 39.5 Å². The summed E-state index contributed by atoms with van der Waals surface area (Å²) in [6, 6.07) is 0. The van der Waals surface area contributed by atoms with Crippen LogP contribution in [0, 0.1) is 23.7 Å². The molecule has 17 nitrogen and oxygen atoms in total. The van der Waals surface area contributed by atoms with Crippen molar-refractivity contribution in [2.75, 3.05) is 39.6 Å². The summed E-state index contributed by atoms with van der Waals surface area (Å²) in [6.07, 6.45) is 58.5. The Morgan fingerprint density at radius 3 is 0.703 bits per heavy atom. The van der Waals surface area contributed by atoms with Crippen LogP contribution in [-0.4, -0.2) is 96.7 Å². The molecule has 0 aliphatic rings. The Morgan fingerprint density at radius 2 is 0.475 bits per heavy atom. The van der Waals surface area contributed by atoms with Gasteiger partial charge in [0, 0.05) is 25.7 Å². The van der Waals surface area contributed by atoms with Gasteiger partial charge in [-0.1, -0.05) is 370 Å². The van der Waals surface area contributed by atoms with Crippen LogP contribution in [0.15, 0.2) is 0 Å². The van der Waals surface area contributed by atoms with E-state index in [1.807, 2.05) is 0 Å². The number of unbranched alkanes of at least 4 members (excludes halogenated alkanes) is 43. The smallest absolute Gasteiger partial charge is 0.462 e. The van der Waals surface area contributed by atoms with Crippen molar-refractivity contribution in [3.63, 3.8) is 0 Å². The van der Waals surface area contributed by atoms with E-state index in [0.29, 0.717) is 31.6 Å². The molecular formula is C82H160O17P2. The zero-order valence-electron chi connectivity index (χ0n) is 66.5. The predicted octanol–water partition coefficient (Wildman–Crippen LogP) is 24.4. The molecule has 0 bridgehead atoms. The summed E-state index contributed by atoms with van der Waals surface area (Å²) >= 11 is 0. The second-order valence-electron chi connectivity index (χ2n) is 31.0. The van der Waals surface area contributed by atoms with Crippen molar-refractivity contribution in [1.82, 2.24) is 0 Å². The van der Waals surface area contributed by atoms with Gasteiger partial charge < -0.3 is 33.8 Å². The van der Waals surface area contributed by atoms with Crippen LogP contribution >= 0.6 is 15.6 Å². The average molecular weight is 1480 g/mol. The largest absolute Gasteiger partial charge is 0.472 e. The van der Waals surface area contributed by atoms with Crippen molar-refractivity contribution in [3.05, 3.63) is 0 Å². The van der Waals surface area contributed by atoms with Crippen molar-refractivity contribution in [2.24, 2.45) is 23.7 Å². The quantitative estimate of drug-likeness (QED) is 0.0222. The summed E-state index contributed by atoms with van der Waals surface area (Å²) in [5.74, 6) is 0.999. The normalized spacial score (nSPS) is 14.5. The summed E-state index contributed by atoms with van der Waals surface area (Å²) in [5.41, 5.74) is 0. The number of rotatable bonds is 79. The van der Waals surface area contributed by atoms with Gasteiger partial charge in [0.2, 0.25) is 0 Å². The van der Waals surface area contributed by atoms with Crippen molar-refractivity contribution >= 4 is 39.5 Å². The highest BCUT2D eigenvalue weighted by Crippen LogP contribution is 2.45. The Bertz CT molecular complexity index is 1980. The number of carbonyl (C=O) groups is 4. The molecule has 0 saturated carbocycles. The molecule has 600 valence electrons. The topological polar surface area (TPSA) is 237 Å². The molecule has 7 atom stereocenters. The van der Waals surface area contributed by atoms with E-state index >= 15 is 0 Å². The van der Waals surface area contributed by atoms with E-state index in [1.54, 1.807) is 0 Å². The van der Waals surface area contributed by atoms with Gasteiger partial charge in [0.1, 0.15) is 19.3 Å². The molecule has 3 N–H and O–H groups in total. The molecule has 0 radical (unpaired) electrons. The highest BCUT2D eigenvalue weighted by molar-refractivity contribution is 7.47. The summed E-state index contributed by atoms with van der Waals surface area (Å²) in [6.45, 7) is 14.2. The standard InChI is InChI=1S/C82H160O17P2/c1-9-74(7)60-52-44-36-30-26-22-18-13-11-12-14-19-23-27-31-37-48-57-65-82(87)99-78(69-93-80(85)63-55-47-41-40-45-53-61-75(8)10-2)71-97-101(90,91)95-67-76(83)66-94-100(88,89)96-70-77(68-92-79(84)62-54-46-39-33-35-43-51-59-73(5)6)98-81(86)64-56-49-38-32-28-24-20-16-15-17-21-25-29-34-42-50-58-72(3)4/h72-78,83H,9-71H2,1-8H3,(H,88,89)(H,90,91)/t74?,75?,76?,77-,78-/m1/s1. The summed E-state index contributed by atoms with van der Waals surface area (Å²) in [5, 5.41) is 10.6. The number of carbonyl (C=O) groups excluding carboxylic acids is 4. The molecule has 5 unspecified atom stereocenters. The fourth-order valence-corrected chi connectivity index (χ4v) is 14.1. The van der Waals surface area contributed by atoms with Crippen LogP contribution in [0.2, 0.25) is 0 Å². The fraction of sp³-hybridized carbons (Fsp3) is 0.951. The number of hydrogen-bond acceptors (Lipinski definition) is 15. The van der Waals surface area contributed by atoms with Gasteiger partial charge in [-0.15, -0.1) is 0 Å². The molecular weight excluding hydrogens is 1320 g/mol. The van der Waals surface area contributed by atoms with E-state index in [2.05, 4.69) is 55.4 Å². The Labute approximate surface area is 619 Å². The van der Waals surface area contributed by atoms with Crippen LogP contribution in [0.5, 0.6) is 0 Å². The van der Waals surface area contributed by atoms with Crippen molar-refractivity contribution in [1.29, 1.82) is 0 Å². The minimum Gasteiger partial charge on any atom is -0.462 e. The highest BCUT2D eigenvalue weighted by Gasteiger charge is 2.30. The van der Waals surface area contributed by atoms with E-state index in [9.17, 15) is 43.2 Å². The van der Waals surface area contributed by atoms with Gasteiger partial charge in [-0.25, -0.2) is 9.13 Å². The molecule has 0 aliphatic carbocycles. The monoisotopic (exact) mass is 1480 g/mol. The summed E-state index contributed by atoms with van der Waals surface area (Å²) in [7, 11) is -9.92. The van der Waals surface area contributed by atoms with E-state index in [1.165, 1.54) is 212 Å². The SMILES string of the molecule is CCC(C)CCCCCCCCCCCCCCCCCCCCC(=O)O[C@H](COC(=O)CCCCCCCCC(C)CC)COP(=O)(O)OCC(O)COP(=O)(O)OC[C@@H](COC(=O)CCCCCCCCCC(C)C)OC(=O)CCCCCCCCCCCCCCCCCCC(C)C. The number of aliphatic hydroxyl groups is 1. The lowest BCUT2D eigenvalue weighted by molar-refractivity contribution is -0.161. The Morgan fingerprint density at radius 1 is 0.277 bits per heavy atom. The molecule has 0 aliphatic heterocycles. The average Bonchev–Trinajstić information content (AvgIpc) is 0.926. The second kappa shape index (κ2) is 71.0. The number of ether oxygens (including phenoxy) is 4. The first-order valence-electron chi connectivity index (χ1n) is 42.3. The lowest BCUT2D eigenvalue weighted by Gasteiger charge is -2.21. The third-order valence-electron chi connectivity index (χ3n) is 19.8. The third-order valence-corrected chi connectivity index (χ3v) is 21.7. The summed E-state index contributed by atoms with van der Waals surface area (Å²) < 4.78 is 68.7. The Kier molecular flexibility index (Phi) is 69.6. The molecule has 0 saturated heterocycles. The molecule has 19 heteroatoms. The lowest BCUT2D eigenvalue weighted by Crippen LogP contribution is -2.30. The van der Waals surface area contributed by atoms with Crippen LogP contribution in [0.3, 0.4) is 0 Å². The van der Waals surface area contributed by atoms with Crippen molar-refractivity contribution in [2.45, 2.75) is 440 Å². The van der Waals surface area contributed by atoms with Gasteiger partial charge in [0.15, 0.2) is 12.2 Å². The van der Waals surface area contributed by atoms with Crippen LogP contribution in [0.4, 0.5) is 0 Å². The Balaban J connectivity index is 5.15. The first-order chi connectivity index (χ1) is 48.7. The van der Waals surface area contributed by atoms with Crippen LogP contribution in [-0.2, 0) is 65.4 Å². The van der Waals surface area contributed by atoms with Crippen LogP contribution < -0.4 is 0 Å². The maximum absolute atomic E-state index is 13.1. The number of phosphoric acid groups is 2. The van der Waals surface area contributed by atoms with Gasteiger partial charge in [0.05, 0.1) is 26.4 Å². The number of aliphatic hydroxyl groups excluding tert-OH is 1. The van der Waals surface area contributed by atoms with Gasteiger partial charge in [-0.2, -0.15) is 0 Å².